The molecule has 2 fully saturated rings. The number of fused-ring (bicyclic) bond motifs is 1. The van der Waals surface area contributed by atoms with Gasteiger partial charge in [0.25, 0.3) is 5.56 Å². The fourth-order valence-electron chi connectivity index (χ4n) is 4.76. The number of rotatable bonds is 4. The summed E-state index contributed by atoms with van der Waals surface area (Å²) in [6, 6.07) is 2.08. The zero-order valence-corrected chi connectivity index (χ0v) is 17.9. The van der Waals surface area contributed by atoms with Gasteiger partial charge in [0.2, 0.25) is 5.91 Å². The van der Waals surface area contributed by atoms with Gasteiger partial charge in [0, 0.05) is 43.4 Å². The number of carbonyl (C=O) groups excluding carboxylic acids is 1. The minimum atomic E-state index is -0.0694. The zero-order chi connectivity index (χ0) is 20.1. The molecule has 154 valence electrons. The van der Waals surface area contributed by atoms with Gasteiger partial charge in [-0.2, -0.15) is 0 Å². The molecule has 2 aromatic rings. The van der Waals surface area contributed by atoms with Crippen LogP contribution < -0.4 is 5.56 Å². The number of aromatic nitrogens is 2. The molecule has 1 saturated heterocycles. The van der Waals surface area contributed by atoms with E-state index in [0.29, 0.717) is 18.3 Å². The number of aryl methyl sites for hydroxylation is 1. The summed E-state index contributed by atoms with van der Waals surface area (Å²) >= 11 is 1.78. The number of hydrogen-bond donors (Lipinski definition) is 1. The van der Waals surface area contributed by atoms with E-state index in [4.69, 9.17) is 4.98 Å². The zero-order valence-electron chi connectivity index (χ0n) is 17.1. The van der Waals surface area contributed by atoms with Crippen LogP contribution in [0.2, 0.25) is 0 Å². The van der Waals surface area contributed by atoms with Crippen molar-refractivity contribution in [3.05, 3.63) is 49.3 Å². The lowest BCUT2D eigenvalue weighted by Crippen LogP contribution is -2.38. The van der Waals surface area contributed by atoms with E-state index in [1.165, 1.54) is 10.4 Å². The normalized spacial score (nSPS) is 26.6. The van der Waals surface area contributed by atoms with Crippen LogP contribution >= 0.6 is 11.3 Å². The third-order valence-electron chi connectivity index (χ3n) is 6.78. The summed E-state index contributed by atoms with van der Waals surface area (Å²) in [4.78, 5) is 39.3. The Morgan fingerprint density at radius 1 is 1.38 bits per heavy atom. The predicted molar refractivity (Wildman–Crippen MR) is 113 cm³/mol. The van der Waals surface area contributed by atoms with Crippen molar-refractivity contribution in [1.82, 2.24) is 19.8 Å². The maximum atomic E-state index is 12.9. The van der Waals surface area contributed by atoms with Crippen molar-refractivity contribution in [2.75, 3.05) is 13.1 Å². The van der Waals surface area contributed by atoms with Crippen LogP contribution in [0.5, 0.6) is 0 Å². The molecule has 0 aromatic carbocycles. The summed E-state index contributed by atoms with van der Waals surface area (Å²) in [5.74, 6) is 1.61. The van der Waals surface area contributed by atoms with Crippen molar-refractivity contribution in [3.8, 4) is 0 Å². The van der Waals surface area contributed by atoms with Crippen molar-refractivity contribution >= 4 is 17.2 Å². The molecule has 3 atom stereocenters. The quantitative estimate of drug-likeness (QED) is 0.838. The molecule has 3 aliphatic rings. The fraction of sp³-hybridized carbons (Fsp3) is 0.591. The van der Waals surface area contributed by atoms with Crippen LogP contribution in [0.15, 0.2) is 16.2 Å². The maximum Gasteiger partial charge on any atom is 0.255 e. The molecular weight excluding hydrogens is 384 g/mol. The van der Waals surface area contributed by atoms with Gasteiger partial charge in [-0.05, 0) is 49.1 Å². The molecule has 2 aromatic heterocycles. The van der Waals surface area contributed by atoms with E-state index in [-0.39, 0.29) is 23.4 Å². The Morgan fingerprint density at radius 3 is 2.93 bits per heavy atom. The summed E-state index contributed by atoms with van der Waals surface area (Å²) in [7, 11) is 0. The first-order chi connectivity index (χ1) is 14.0. The van der Waals surface area contributed by atoms with Crippen molar-refractivity contribution in [2.24, 2.45) is 11.8 Å². The third-order valence-corrected chi connectivity index (χ3v) is 7.79. The largest absolute Gasteiger partial charge is 0.332 e. The number of H-pyrrole nitrogens is 1. The van der Waals surface area contributed by atoms with Crippen molar-refractivity contribution < 1.29 is 4.79 Å². The van der Waals surface area contributed by atoms with Gasteiger partial charge in [0.1, 0.15) is 5.82 Å². The molecular formula is C22H28N4O2S. The van der Waals surface area contributed by atoms with Gasteiger partial charge in [0.05, 0.1) is 17.3 Å². The number of nitrogens with zero attached hydrogens (tertiary/aromatic N) is 3. The van der Waals surface area contributed by atoms with Gasteiger partial charge < -0.3 is 9.88 Å². The van der Waals surface area contributed by atoms with Crippen LogP contribution in [0.1, 0.15) is 59.8 Å². The molecule has 1 amide bonds. The standard InChI is InChI=1S/C22H28N4O2S/c1-13-6-9-29-19(13)12-25-8-5-17-16(11-25)21(27)24-20(23-17)18-4-3-7-26(18)22(28)15-10-14(15)2/h6,9,14-15,18H,3-5,7-8,10-12H2,1-2H3,(H,23,24,27)/t14-,15+,18-/m0/s1. The van der Waals surface area contributed by atoms with E-state index in [2.05, 4.69) is 35.2 Å². The highest BCUT2D eigenvalue weighted by atomic mass is 32.1. The minimum Gasteiger partial charge on any atom is -0.332 e. The van der Waals surface area contributed by atoms with Crippen molar-refractivity contribution in [2.45, 2.75) is 58.7 Å². The summed E-state index contributed by atoms with van der Waals surface area (Å²) in [6.45, 7) is 7.49. The first kappa shape index (κ1) is 19.0. The SMILES string of the molecule is Cc1ccsc1CN1CCc2nc([C@@H]3CCCN3C(=O)[C@@H]3C[C@@H]3C)[nH]c(=O)c2C1. The van der Waals surface area contributed by atoms with E-state index < -0.39 is 0 Å². The highest BCUT2D eigenvalue weighted by Gasteiger charge is 2.45. The molecule has 29 heavy (non-hydrogen) atoms. The van der Waals surface area contributed by atoms with Gasteiger partial charge in [-0.3, -0.25) is 14.5 Å². The second-order valence-electron chi connectivity index (χ2n) is 8.87. The fourth-order valence-corrected chi connectivity index (χ4v) is 5.70. The molecule has 4 heterocycles. The predicted octanol–water partition coefficient (Wildman–Crippen LogP) is 3.02. The molecule has 1 N–H and O–H groups in total. The number of thiophene rings is 1. The van der Waals surface area contributed by atoms with Crippen molar-refractivity contribution in [3.63, 3.8) is 0 Å². The molecule has 0 unspecified atom stereocenters. The van der Waals surface area contributed by atoms with E-state index in [9.17, 15) is 9.59 Å². The smallest absolute Gasteiger partial charge is 0.255 e. The minimum absolute atomic E-state index is 0.0308. The Labute approximate surface area is 175 Å². The highest BCUT2D eigenvalue weighted by Crippen LogP contribution is 2.42. The second-order valence-corrected chi connectivity index (χ2v) is 9.87. The Kier molecular flexibility index (Phi) is 4.82. The van der Waals surface area contributed by atoms with E-state index in [1.54, 1.807) is 11.3 Å². The lowest BCUT2D eigenvalue weighted by Gasteiger charge is -2.29. The third kappa shape index (κ3) is 3.55. The van der Waals surface area contributed by atoms with Gasteiger partial charge >= 0.3 is 0 Å². The van der Waals surface area contributed by atoms with Crippen molar-refractivity contribution in [1.29, 1.82) is 0 Å². The monoisotopic (exact) mass is 412 g/mol. The van der Waals surface area contributed by atoms with Crippen LogP contribution in [0, 0.1) is 18.8 Å². The lowest BCUT2D eigenvalue weighted by molar-refractivity contribution is -0.134. The number of aromatic amines is 1. The molecule has 0 radical (unpaired) electrons. The molecule has 2 aliphatic heterocycles. The Balaban J connectivity index is 1.35. The van der Waals surface area contributed by atoms with Gasteiger partial charge in [-0.15, -0.1) is 11.3 Å². The van der Waals surface area contributed by atoms with Crippen LogP contribution in [-0.4, -0.2) is 38.8 Å². The Bertz CT molecular complexity index is 997. The summed E-state index contributed by atoms with van der Waals surface area (Å²) in [5, 5.41) is 2.13. The number of amides is 1. The number of likely N-dealkylation sites (tertiary alicyclic amines) is 1. The van der Waals surface area contributed by atoms with E-state index in [1.807, 2.05) is 4.90 Å². The Morgan fingerprint density at radius 2 is 2.21 bits per heavy atom. The number of nitrogens with one attached hydrogen (secondary N) is 1. The molecule has 1 aliphatic carbocycles. The molecule has 6 nitrogen and oxygen atoms in total. The first-order valence-electron chi connectivity index (χ1n) is 10.7. The number of carbonyl (C=O) groups is 1. The van der Waals surface area contributed by atoms with Gasteiger partial charge in [0.15, 0.2) is 0 Å². The summed E-state index contributed by atoms with van der Waals surface area (Å²) < 4.78 is 0. The summed E-state index contributed by atoms with van der Waals surface area (Å²) in [6.07, 6.45) is 3.65. The molecule has 0 bridgehead atoms. The molecule has 0 spiro atoms. The lowest BCUT2D eigenvalue weighted by atomic mass is 10.1. The van der Waals surface area contributed by atoms with Gasteiger partial charge in [-0.1, -0.05) is 6.92 Å². The van der Waals surface area contributed by atoms with Gasteiger partial charge in [-0.25, -0.2) is 4.98 Å². The van der Waals surface area contributed by atoms with Crippen LogP contribution in [0.3, 0.4) is 0 Å². The molecule has 7 heteroatoms. The van der Waals surface area contributed by atoms with Crippen LogP contribution in [0.4, 0.5) is 0 Å². The maximum absolute atomic E-state index is 12.9. The topological polar surface area (TPSA) is 69.3 Å². The number of hydrogen-bond acceptors (Lipinski definition) is 5. The summed E-state index contributed by atoms with van der Waals surface area (Å²) in [5.41, 5.74) is 3.00. The van der Waals surface area contributed by atoms with Crippen LogP contribution in [0.25, 0.3) is 0 Å². The average molecular weight is 413 g/mol. The molecule has 5 rings (SSSR count). The Hall–Kier alpha value is -1.99. The van der Waals surface area contributed by atoms with Crippen LogP contribution in [-0.2, 0) is 24.3 Å². The first-order valence-corrected chi connectivity index (χ1v) is 11.6. The van der Waals surface area contributed by atoms with E-state index in [0.717, 1.165) is 56.6 Å². The second kappa shape index (κ2) is 7.36. The highest BCUT2D eigenvalue weighted by molar-refractivity contribution is 7.10. The molecule has 1 saturated carbocycles. The van der Waals surface area contributed by atoms with E-state index >= 15 is 0 Å². The average Bonchev–Trinajstić information content (AvgIpc) is 3.07.